The van der Waals surface area contributed by atoms with E-state index >= 15 is 0 Å². The molecule has 5 heteroatoms. The fourth-order valence-corrected chi connectivity index (χ4v) is 4.10. The summed E-state index contributed by atoms with van der Waals surface area (Å²) in [5, 5.41) is 6.80. The van der Waals surface area contributed by atoms with E-state index in [1.807, 2.05) is 0 Å². The van der Waals surface area contributed by atoms with Crippen LogP contribution in [0, 0.1) is 5.41 Å². The number of guanidine groups is 1. The van der Waals surface area contributed by atoms with Gasteiger partial charge >= 0.3 is 0 Å². The summed E-state index contributed by atoms with van der Waals surface area (Å²) in [5.74, 6) is 1.08. The van der Waals surface area contributed by atoms with Crippen molar-refractivity contribution in [2.75, 3.05) is 19.6 Å². The summed E-state index contributed by atoms with van der Waals surface area (Å²) in [4.78, 5) is 11.9. The van der Waals surface area contributed by atoms with Crippen molar-refractivity contribution in [2.45, 2.75) is 52.5 Å². The third-order valence-corrected chi connectivity index (χ3v) is 5.82. The number of nitrogens with zero attached hydrogens (tertiary/aromatic N) is 3. The molecule has 1 N–H and O–H groups in total. The molecule has 1 aliphatic heterocycles. The van der Waals surface area contributed by atoms with E-state index in [9.17, 15) is 0 Å². The highest BCUT2D eigenvalue weighted by Gasteiger charge is 2.43. The molecule has 0 bridgehead atoms. The van der Waals surface area contributed by atoms with Gasteiger partial charge < -0.3 is 10.2 Å². The van der Waals surface area contributed by atoms with E-state index in [2.05, 4.69) is 34.4 Å². The van der Waals surface area contributed by atoms with Crippen molar-refractivity contribution in [1.82, 2.24) is 15.2 Å². The van der Waals surface area contributed by atoms with Crippen molar-refractivity contribution in [3.05, 3.63) is 16.1 Å². The van der Waals surface area contributed by atoms with Crippen LogP contribution in [0.3, 0.4) is 0 Å². The molecular weight excluding hydrogens is 280 g/mol. The van der Waals surface area contributed by atoms with Crippen molar-refractivity contribution < 1.29 is 0 Å². The Morgan fingerprint density at radius 3 is 2.86 bits per heavy atom. The van der Waals surface area contributed by atoms with Gasteiger partial charge in [-0.15, -0.1) is 11.3 Å². The second-order valence-electron chi connectivity index (χ2n) is 6.28. The Morgan fingerprint density at radius 2 is 2.29 bits per heavy atom. The molecule has 2 heterocycles. The van der Waals surface area contributed by atoms with Gasteiger partial charge in [-0.3, -0.25) is 0 Å². The largest absolute Gasteiger partial charge is 0.357 e. The van der Waals surface area contributed by atoms with Gasteiger partial charge in [0.15, 0.2) is 5.96 Å². The zero-order chi connectivity index (χ0) is 14.7. The zero-order valence-corrected chi connectivity index (χ0v) is 14.0. The highest BCUT2D eigenvalue weighted by atomic mass is 32.1. The molecule has 3 rings (SSSR count). The summed E-state index contributed by atoms with van der Waals surface area (Å²) >= 11 is 1.74. The molecular formula is C16H26N4S. The molecule has 0 amide bonds. The van der Waals surface area contributed by atoms with E-state index in [0.717, 1.165) is 31.2 Å². The molecule has 1 saturated carbocycles. The standard InChI is InChI=1S/C16H26N4S/c1-3-14-19-13(11-21-14)10-18-15(17-4-2)20-9-8-16(12-20)6-5-7-16/h11H,3-10,12H2,1-2H3,(H,17,18). The summed E-state index contributed by atoms with van der Waals surface area (Å²) in [5.41, 5.74) is 1.72. The highest BCUT2D eigenvalue weighted by Crippen LogP contribution is 2.47. The molecule has 1 aromatic rings. The van der Waals surface area contributed by atoms with Crippen LogP contribution in [0.1, 0.15) is 50.2 Å². The van der Waals surface area contributed by atoms with E-state index in [4.69, 9.17) is 4.99 Å². The number of aryl methyl sites for hydroxylation is 1. The van der Waals surface area contributed by atoms with E-state index in [-0.39, 0.29) is 0 Å². The molecule has 116 valence electrons. The summed E-state index contributed by atoms with van der Waals surface area (Å²) in [6.07, 6.45) is 6.60. The number of hydrogen-bond donors (Lipinski definition) is 1. The van der Waals surface area contributed by atoms with Crippen molar-refractivity contribution in [3.8, 4) is 0 Å². The predicted molar refractivity (Wildman–Crippen MR) is 88.8 cm³/mol. The van der Waals surface area contributed by atoms with Gasteiger partial charge in [-0.2, -0.15) is 0 Å². The van der Waals surface area contributed by atoms with Gasteiger partial charge in [0, 0.05) is 25.0 Å². The second-order valence-corrected chi connectivity index (χ2v) is 7.22. The molecule has 4 nitrogen and oxygen atoms in total. The minimum Gasteiger partial charge on any atom is -0.357 e. The summed E-state index contributed by atoms with van der Waals surface area (Å²) in [6, 6.07) is 0. The van der Waals surface area contributed by atoms with Crippen LogP contribution in [0.15, 0.2) is 10.4 Å². The number of hydrogen-bond acceptors (Lipinski definition) is 3. The molecule has 1 spiro atoms. The minimum absolute atomic E-state index is 0.617. The van der Waals surface area contributed by atoms with Crippen LogP contribution in [0.25, 0.3) is 0 Å². The maximum atomic E-state index is 4.81. The average Bonchev–Trinajstić information content (AvgIpc) is 3.09. The van der Waals surface area contributed by atoms with Gasteiger partial charge in [-0.1, -0.05) is 13.3 Å². The van der Waals surface area contributed by atoms with Gasteiger partial charge in [0.05, 0.1) is 17.2 Å². The van der Waals surface area contributed by atoms with E-state index in [1.165, 1.54) is 37.2 Å². The molecule has 0 radical (unpaired) electrons. The molecule has 0 atom stereocenters. The fraction of sp³-hybridized carbons (Fsp3) is 0.750. The Bertz CT molecular complexity index is 504. The normalized spacial score (nSPS) is 20.9. The first-order valence-electron chi connectivity index (χ1n) is 8.21. The highest BCUT2D eigenvalue weighted by molar-refractivity contribution is 7.09. The number of likely N-dealkylation sites (tertiary alicyclic amines) is 1. The molecule has 0 aromatic carbocycles. The lowest BCUT2D eigenvalue weighted by molar-refractivity contribution is 0.151. The van der Waals surface area contributed by atoms with Crippen molar-refractivity contribution in [1.29, 1.82) is 0 Å². The van der Waals surface area contributed by atoms with Crippen LogP contribution >= 0.6 is 11.3 Å². The zero-order valence-electron chi connectivity index (χ0n) is 13.2. The number of thiazole rings is 1. The quantitative estimate of drug-likeness (QED) is 0.686. The van der Waals surface area contributed by atoms with E-state index in [0.29, 0.717) is 12.0 Å². The number of aliphatic imine (C=N–C) groups is 1. The van der Waals surface area contributed by atoms with E-state index in [1.54, 1.807) is 11.3 Å². The Kier molecular flexibility index (Phi) is 4.48. The molecule has 0 unspecified atom stereocenters. The third kappa shape index (κ3) is 3.23. The average molecular weight is 306 g/mol. The minimum atomic E-state index is 0.617. The van der Waals surface area contributed by atoms with Crippen LogP contribution in [0.5, 0.6) is 0 Å². The SMILES string of the molecule is CCNC(=NCc1csc(CC)n1)N1CCC2(CCC2)C1. The Morgan fingerprint density at radius 1 is 1.43 bits per heavy atom. The maximum Gasteiger partial charge on any atom is 0.194 e. The lowest BCUT2D eigenvalue weighted by Gasteiger charge is -2.38. The third-order valence-electron chi connectivity index (χ3n) is 4.78. The van der Waals surface area contributed by atoms with E-state index < -0.39 is 0 Å². The first kappa shape index (κ1) is 14.8. The lowest BCUT2D eigenvalue weighted by atomic mass is 9.68. The molecule has 2 aliphatic rings. The van der Waals surface area contributed by atoms with Gasteiger partial charge in [0.1, 0.15) is 0 Å². The first-order chi connectivity index (χ1) is 10.2. The van der Waals surface area contributed by atoms with Crippen molar-refractivity contribution in [2.24, 2.45) is 10.4 Å². The topological polar surface area (TPSA) is 40.5 Å². The lowest BCUT2D eigenvalue weighted by Crippen LogP contribution is -2.42. The Hall–Kier alpha value is -1.10. The smallest absolute Gasteiger partial charge is 0.194 e. The van der Waals surface area contributed by atoms with Crippen LogP contribution in [-0.2, 0) is 13.0 Å². The molecule has 1 saturated heterocycles. The van der Waals surface area contributed by atoms with Gasteiger partial charge in [-0.25, -0.2) is 9.98 Å². The maximum absolute atomic E-state index is 4.81. The summed E-state index contributed by atoms with van der Waals surface area (Å²) in [6.45, 7) is 8.27. The number of nitrogens with one attached hydrogen (secondary N) is 1. The summed E-state index contributed by atoms with van der Waals surface area (Å²) < 4.78 is 0. The predicted octanol–water partition coefficient (Wildman–Crippen LogP) is 3.05. The Balaban J connectivity index is 1.64. The molecule has 2 fully saturated rings. The fourth-order valence-electron chi connectivity index (χ4n) is 3.37. The van der Waals surface area contributed by atoms with Crippen LogP contribution in [-0.4, -0.2) is 35.5 Å². The van der Waals surface area contributed by atoms with Crippen molar-refractivity contribution in [3.63, 3.8) is 0 Å². The second kappa shape index (κ2) is 6.34. The monoisotopic (exact) mass is 306 g/mol. The molecule has 21 heavy (non-hydrogen) atoms. The van der Waals surface area contributed by atoms with Crippen LogP contribution < -0.4 is 5.32 Å². The van der Waals surface area contributed by atoms with Crippen LogP contribution in [0.2, 0.25) is 0 Å². The van der Waals surface area contributed by atoms with Crippen molar-refractivity contribution >= 4 is 17.3 Å². The van der Waals surface area contributed by atoms with Gasteiger partial charge in [0.2, 0.25) is 0 Å². The number of aromatic nitrogens is 1. The van der Waals surface area contributed by atoms with Gasteiger partial charge in [-0.05, 0) is 38.0 Å². The van der Waals surface area contributed by atoms with Crippen LogP contribution in [0.4, 0.5) is 0 Å². The number of rotatable bonds is 4. The van der Waals surface area contributed by atoms with Gasteiger partial charge in [0.25, 0.3) is 0 Å². The first-order valence-corrected chi connectivity index (χ1v) is 9.09. The molecule has 1 aromatic heterocycles. The summed E-state index contributed by atoms with van der Waals surface area (Å²) in [7, 11) is 0. The molecule has 1 aliphatic carbocycles. The Labute approximate surface area is 131 Å².